The molecule has 1 amide bonds. The van der Waals surface area contributed by atoms with Crippen LogP contribution in [0.1, 0.15) is 59.8 Å². The normalized spacial score (nSPS) is 15.8. The number of carbonyl (C=O) groups is 1. The molecule has 1 heterocycles. The van der Waals surface area contributed by atoms with Crippen molar-refractivity contribution in [1.29, 1.82) is 0 Å². The van der Waals surface area contributed by atoms with Gasteiger partial charge in [-0.25, -0.2) is 0 Å². The molecule has 1 atom stereocenters. The van der Waals surface area contributed by atoms with Gasteiger partial charge in [-0.05, 0) is 87.8 Å². The van der Waals surface area contributed by atoms with Crippen LogP contribution in [0.4, 0.5) is 18.9 Å². The van der Waals surface area contributed by atoms with Crippen LogP contribution in [0.3, 0.4) is 0 Å². The zero-order chi connectivity index (χ0) is 25.2. The molecule has 1 saturated heterocycles. The van der Waals surface area contributed by atoms with E-state index in [1.807, 2.05) is 52.8 Å². The maximum Gasteiger partial charge on any atom is 0.416 e. The molecule has 2 N–H and O–H groups in total. The van der Waals surface area contributed by atoms with Gasteiger partial charge in [0.1, 0.15) is 0 Å². The second-order valence-corrected chi connectivity index (χ2v) is 8.25. The van der Waals surface area contributed by atoms with E-state index in [-0.39, 0.29) is 17.7 Å². The maximum atomic E-state index is 13.6. The molecule has 184 valence electrons. The molecule has 0 saturated carbocycles. The van der Waals surface area contributed by atoms with Gasteiger partial charge in [0.25, 0.3) is 5.91 Å². The van der Waals surface area contributed by atoms with E-state index in [1.165, 1.54) is 12.1 Å². The van der Waals surface area contributed by atoms with Crippen molar-refractivity contribution in [3.63, 3.8) is 0 Å². The largest absolute Gasteiger partial charge is 0.416 e. The van der Waals surface area contributed by atoms with Gasteiger partial charge in [-0.3, -0.25) is 9.69 Å². The molecule has 0 aliphatic carbocycles. The Bertz CT molecular complexity index is 897. The van der Waals surface area contributed by atoms with Crippen molar-refractivity contribution in [3.05, 3.63) is 64.2 Å². The monoisotopic (exact) mass is 465 g/mol. The first kappa shape index (κ1) is 28.7. The SMILES string of the molecule is CC.CNC.Cc1ccc(NC(=O)c2ccc(CN3CCC(C)C3)c(C(F)(F)F)c2)cc1C. The van der Waals surface area contributed by atoms with Gasteiger partial charge in [0, 0.05) is 24.3 Å². The summed E-state index contributed by atoms with van der Waals surface area (Å²) in [5.41, 5.74) is 2.13. The van der Waals surface area contributed by atoms with E-state index in [9.17, 15) is 18.0 Å². The molecule has 0 radical (unpaired) electrons. The van der Waals surface area contributed by atoms with Crippen LogP contribution in [-0.2, 0) is 12.7 Å². The number of nitrogens with one attached hydrogen (secondary N) is 2. The quantitative estimate of drug-likeness (QED) is 0.559. The number of nitrogens with zero attached hydrogens (tertiary/aromatic N) is 1. The summed E-state index contributed by atoms with van der Waals surface area (Å²) in [5, 5.41) is 5.44. The summed E-state index contributed by atoms with van der Waals surface area (Å²) in [6.07, 6.45) is -3.50. The molecule has 2 aromatic carbocycles. The van der Waals surface area contributed by atoms with Gasteiger partial charge < -0.3 is 10.6 Å². The van der Waals surface area contributed by atoms with Crippen LogP contribution in [0.5, 0.6) is 0 Å². The van der Waals surface area contributed by atoms with Crippen molar-refractivity contribution in [3.8, 4) is 0 Å². The van der Waals surface area contributed by atoms with Crippen LogP contribution in [0.2, 0.25) is 0 Å². The lowest BCUT2D eigenvalue weighted by Gasteiger charge is -2.20. The summed E-state index contributed by atoms with van der Waals surface area (Å²) in [6.45, 7) is 11.8. The molecular formula is C26H38F3N3O. The van der Waals surface area contributed by atoms with Crippen molar-refractivity contribution in [2.75, 3.05) is 32.5 Å². The Morgan fingerprint density at radius 1 is 1.06 bits per heavy atom. The predicted octanol–water partition coefficient (Wildman–Crippen LogP) is 6.28. The summed E-state index contributed by atoms with van der Waals surface area (Å²) in [4.78, 5) is 14.5. The van der Waals surface area contributed by atoms with Crippen LogP contribution >= 0.6 is 0 Å². The molecule has 4 nitrogen and oxygen atoms in total. The fourth-order valence-electron chi connectivity index (χ4n) is 3.55. The zero-order valence-electron chi connectivity index (χ0n) is 20.9. The van der Waals surface area contributed by atoms with Crippen molar-refractivity contribution >= 4 is 11.6 Å². The number of alkyl halides is 3. The third-order valence-electron chi connectivity index (χ3n) is 5.34. The van der Waals surface area contributed by atoms with Crippen LogP contribution in [0.25, 0.3) is 0 Å². The Labute approximate surface area is 196 Å². The number of likely N-dealkylation sites (tertiary alicyclic amines) is 1. The Morgan fingerprint density at radius 2 is 1.70 bits per heavy atom. The van der Waals surface area contributed by atoms with Crippen molar-refractivity contribution < 1.29 is 18.0 Å². The van der Waals surface area contributed by atoms with Crippen molar-refractivity contribution in [2.45, 2.75) is 53.8 Å². The molecule has 1 aliphatic rings. The lowest BCUT2D eigenvalue weighted by molar-refractivity contribution is -0.138. The first-order valence-electron chi connectivity index (χ1n) is 11.4. The van der Waals surface area contributed by atoms with Gasteiger partial charge in [-0.2, -0.15) is 13.2 Å². The lowest BCUT2D eigenvalue weighted by atomic mass is 10.0. The van der Waals surface area contributed by atoms with E-state index < -0.39 is 17.6 Å². The molecule has 1 unspecified atom stereocenters. The number of benzene rings is 2. The summed E-state index contributed by atoms with van der Waals surface area (Å²) in [7, 11) is 3.75. The van der Waals surface area contributed by atoms with Gasteiger partial charge >= 0.3 is 6.18 Å². The zero-order valence-corrected chi connectivity index (χ0v) is 20.9. The molecule has 0 bridgehead atoms. The third kappa shape index (κ3) is 8.82. The second kappa shape index (κ2) is 13.4. The van der Waals surface area contributed by atoms with Crippen LogP contribution < -0.4 is 10.6 Å². The van der Waals surface area contributed by atoms with E-state index in [0.29, 0.717) is 11.6 Å². The molecule has 2 aromatic rings. The number of halogens is 3. The number of aryl methyl sites for hydroxylation is 2. The van der Waals surface area contributed by atoms with E-state index in [4.69, 9.17) is 0 Å². The number of hydrogen-bond acceptors (Lipinski definition) is 3. The standard InChI is InChI=1S/C22H25F3N2O.C2H7N.C2H6/c1-14-8-9-27(12-14)13-18-6-5-17(11-20(18)22(23,24)25)21(28)26-19-7-4-15(2)16(3)10-19;1-3-2;1-2/h4-7,10-11,14H,8-9,12-13H2,1-3H3,(H,26,28);3H,1-2H3;1-2H3. The van der Waals surface area contributed by atoms with Crippen LogP contribution in [0.15, 0.2) is 36.4 Å². The van der Waals surface area contributed by atoms with Gasteiger partial charge in [-0.15, -0.1) is 0 Å². The predicted molar refractivity (Wildman–Crippen MR) is 131 cm³/mol. The number of amides is 1. The summed E-state index contributed by atoms with van der Waals surface area (Å²) in [6, 6.07) is 9.29. The molecule has 7 heteroatoms. The van der Waals surface area contributed by atoms with Gasteiger partial charge in [0.15, 0.2) is 0 Å². The first-order chi connectivity index (χ1) is 15.5. The topological polar surface area (TPSA) is 44.4 Å². The average molecular weight is 466 g/mol. The Hall–Kier alpha value is -2.38. The number of anilines is 1. The van der Waals surface area contributed by atoms with Crippen LogP contribution in [-0.4, -0.2) is 38.0 Å². The molecule has 3 rings (SSSR count). The Balaban J connectivity index is 0.00000101. The van der Waals surface area contributed by atoms with Gasteiger partial charge in [-0.1, -0.05) is 32.9 Å². The van der Waals surface area contributed by atoms with Gasteiger partial charge in [0.05, 0.1) is 5.56 Å². The minimum atomic E-state index is -4.50. The molecule has 33 heavy (non-hydrogen) atoms. The minimum Gasteiger partial charge on any atom is -0.323 e. The van der Waals surface area contributed by atoms with E-state index in [1.54, 1.807) is 12.1 Å². The summed E-state index contributed by atoms with van der Waals surface area (Å²) < 4.78 is 40.8. The highest BCUT2D eigenvalue weighted by Crippen LogP contribution is 2.34. The molecule has 0 aromatic heterocycles. The summed E-state index contributed by atoms with van der Waals surface area (Å²) >= 11 is 0. The highest BCUT2D eigenvalue weighted by atomic mass is 19.4. The second-order valence-electron chi connectivity index (χ2n) is 8.25. The molecule has 1 aliphatic heterocycles. The van der Waals surface area contributed by atoms with Crippen LogP contribution in [0, 0.1) is 19.8 Å². The van der Waals surface area contributed by atoms with E-state index in [0.717, 1.165) is 36.7 Å². The highest BCUT2D eigenvalue weighted by Gasteiger charge is 2.35. The van der Waals surface area contributed by atoms with E-state index in [2.05, 4.69) is 17.6 Å². The van der Waals surface area contributed by atoms with E-state index >= 15 is 0 Å². The number of rotatable bonds is 4. The molecule has 0 spiro atoms. The first-order valence-corrected chi connectivity index (χ1v) is 11.4. The summed E-state index contributed by atoms with van der Waals surface area (Å²) in [5.74, 6) is -0.0487. The van der Waals surface area contributed by atoms with Gasteiger partial charge in [0.2, 0.25) is 0 Å². The third-order valence-corrected chi connectivity index (χ3v) is 5.34. The minimum absolute atomic E-state index is 0.00379. The van der Waals surface area contributed by atoms with Crippen molar-refractivity contribution in [1.82, 2.24) is 10.2 Å². The smallest absolute Gasteiger partial charge is 0.323 e. The molecular weight excluding hydrogens is 427 g/mol. The highest BCUT2D eigenvalue weighted by molar-refractivity contribution is 6.04. The molecule has 1 fully saturated rings. The Kier molecular flexibility index (Phi) is 11.6. The van der Waals surface area contributed by atoms with Crippen molar-refractivity contribution in [2.24, 2.45) is 5.92 Å². The number of hydrogen-bond donors (Lipinski definition) is 2. The Morgan fingerprint density at radius 3 is 2.21 bits per heavy atom. The maximum absolute atomic E-state index is 13.6. The fourth-order valence-corrected chi connectivity index (χ4v) is 3.55. The average Bonchev–Trinajstić information content (AvgIpc) is 3.17. The lowest BCUT2D eigenvalue weighted by Crippen LogP contribution is -2.23. The number of carbonyl (C=O) groups excluding carboxylic acids is 1. The fraction of sp³-hybridized carbons (Fsp3) is 0.500.